The van der Waals surface area contributed by atoms with Crippen LogP contribution in [0.3, 0.4) is 0 Å². The molecule has 3 aromatic carbocycles. The molecule has 160 valence electrons. The molecule has 2 N–H and O–H groups in total. The van der Waals surface area contributed by atoms with Gasteiger partial charge in [-0.3, -0.25) is 9.59 Å². The van der Waals surface area contributed by atoms with Gasteiger partial charge in [-0.2, -0.15) is 0 Å². The minimum Gasteiger partial charge on any atom is -0.324 e. The highest BCUT2D eigenvalue weighted by atomic mass is 35.5. The first-order valence-corrected chi connectivity index (χ1v) is 11.4. The van der Waals surface area contributed by atoms with E-state index in [1.165, 1.54) is 11.8 Å². The van der Waals surface area contributed by atoms with Crippen molar-refractivity contribution in [3.8, 4) is 0 Å². The molecule has 1 unspecified atom stereocenters. The molecule has 4 nitrogen and oxygen atoms in total. The Morgan fingerprint density at radius 3 is 2.45 bits per heavy atom. The number of hydrogen-bond acceptors (Lipinski definition) is 3. The highest BCUT2D eigenvalue weighted by Gasteiger charge is 2.19. The molecular weight excluding hydrogens is 451 g/mol. The average molecular weight is 473 g/mol. The molecule has 7 heteroatoms. The lowest BCUT2D eigenvalue weighted by molar-refractivity contribution is -0.115. The third kappa shape index (κ3) is 6.26. The number of amides is 2. The predicted octanol–water partition coefficient (Wildman–Crippen LogP) is 7.06. The van der Waals surface area contributed by atoms with Gasteiger partial charge < -0.3 is 10.6 Å². The maximum Gasteiger partial charge on any atom is 0.255 e. The zero-order valence-electron chi connectivity index (χ0n) is 17.1. The summed E-state index contributed by atoms with van der Waals surface area (Å²) in [5, 5.41) is 6.37. The van der Waals surface area contributed by atoms with Crippen LogP contribution in [0.15, 0.2) is 71.6 Å². The molecular formula is C24H22Cl2N2O2S. The van der Waals surface area contributed by atoms with E-state index >= 15 is 0 Å². The maximum atomic E-state index is 12.8. The van der Waals surface area contributed by atoms with Crippen molar-refractivity contribution in [3.05, 3.63) is 87.9 Å². The zero-order valence-corrected chi connectivity index (χ0v) is 19.4. The zero-order chi connectivity index (χ0) is 22.4. The Kier molecular flexibility index (Phi) is 8.02. The Morgan fingerprint density at radius 2 is 1.74 bits per heavy atom. The van der Waals surface area contributed by atoms with Crippen LogP contribution in [0.5, 0.6) is 0 Å². The standard InChI is InChI=1S/C24H22Cl2N2O2S/c1-3-22(24(30)28-21-12-11-16(25)13-20(21)26)31-18-9-6-8-17(14-18)27-23(29)19-10-5-4-7-15(19)2/h4-14,22H,3H2,1-2H3,(H,27,29)(H,28,30). The number of carbonyl (C=O) groups excluding carboxylic acids is 2. The van der Waals surface area contributed by atoms with Gasteiger partial charge in [0.25, 0.3) is 5.91 Å². The van der Waals surface area contributed by atoms with Gasteiger partial charge in [0, 0.05) is 21.2 Å². The van der Waals surface area contributed by atoms with Gasteiger partial charge in [-0.15, -0.1) is 11.8 Å². The monoisotopic (exact) mass is 472 g/mol. The van der Waals surface area contributed by atoms with Crippen LogP contribution >= 0.6 is 35.0 Å². The van der Waals surface area contributed by atoms with Crippen molar-refractivity contribution in [1.82, 2.24) is 0 Å². The number of rotatable bonds is 7. The van der Waals surface area contributed by atoms with Crippen LogP contribution in [0, 0.1) is 6.92 Å². The maximum absolute atomic E-state index is 12.8. The minimum atomic E-state index is -0.325. The van der Waals surface area contributed by atoms with E-state index in [2.05, 4.69) is 10.6 Å². The van der Waals surface area contributed by atoms with E-state index in [-0.39, 0.29) is 17.1 Å². The highest BCUT2D eigenvalue weighted by Crippen LogP contribution is 2.30. The normalized spacial score (nSPS) is 11.6. The van der Waals surface area contributed by atoms with Gasteiger partial charge >= 0.3 is 0 Å². The first-order chi connectivity index (χ1) is 14.9. The Labute approximate surface area is 196 Å². The SMILES string of the molecule is CCC(Sc1cccc(NC(=O)c2ccccc2C)c1)C(=O)Nc1ccc(Cl)cc1Cl. The molecule has 0 fully saturated rings. The molecule has 0 saturated carbocycles. The van der Waals surface area contributed by atoms with E-state index in [0.29, 0.717) is 33.4 Å². The molecule has 0 saturated heterocycles. The summed E-state index contributed by atoms with van der Waals surface area (Å²) in [5.74, 6) is -0.312. The first kappa shape index (κ1) is 23.2. The molecule has 0 aliphatic heterocycles. The van der Waals surface area contributed by atoms with Crippen LogP contribution in [0.4, 0.5) is 11.4 Å². The first-order valence-electron chi connectivity index (χ1n) is 9.77. The number of halogens is 2. The van der Waals surface area contributed by atoms with E-state index in [1.807, 2.05) is 56.3 Å². The Balaban J connectivity index is 1.69. The Hall–Kier alpha value is -2.47. The molecule has 0 heterocycles. The molecule has 0 radical (unpaired) electrons. The number of benzene rings is 3. The molecule has 0 aliphatic rings. The second kappa shape index (κ2) is 10.7. The van der Waals surface area contributed by atoms with Crippen molar-refractivity contribution < 1.29 is 9.59 Å². The summed E-state index contributed by atoms with van der Waals surface area (Å²) in [4.78, 5) is 26.2. The van der Waals surface area contributed by atoms with Crippen molar-refractivity contribution in [3.63, 3.8) is 0 Å². The summed E-state index contributed by atoms with van der Waals surface area (Å²) in [5.41, 5.74) is 2.74. The number of hydrogen-bond donors (Lipinski definition) is 2. The van der Waals surface area contributed by atoms with E-state index < -0.39 is 0 Å². The third-order valence-corrected chi connectivity index (χ3v) is 6.52. The predicted molar refractivity (Wildman–Crippen MR) is 131 cm³/mol. The van der Waals surface area contributed by atoms with Crippen molar-refractivity contribution in [1.29, 1.82) is 0 Å². The summed E-state index contributed by atoms with van der Waals surface area (Å²) in [6.45, 7) is 3.85. The van der Waals surface area contributed by atoms with Gasteiger partial charge in [-0.05, 0) is 61.4 Å². The summed E-state index contributed by atoms with van der Waals surface area (Å²) in [6.07, 6.45) is 0.626. The van der Waals surface area contributed by atoms with E-state index in [9.17, 15) is 9.59 Å². The van der Waals surface area contributed by atoms with Gasteiger partial charge in [-0.1, -0.05) is 54.4 Å². The van der Waals surface area contributed by atoms with Gasteiger partial charge in [-0.25, -0.2) is 0 Å². The summed E-state index contributed by atoms with van der Waals surface area (Å²) in [6, 6.07) is 19.9. The summed E-state index contributed by atoms with van der Waals surface area (Å²) < 4.78 is 0. The van der Waals surface area contributed by atoms with Crippen molar-refractivity contribution in [2.24, 2.45) is 0 Å². The van der Waals surface area contributed by atoms with Gasteiger partial charge in [0.05, 0.1) is 16.0 Å². The third-order valence-electron chi connectivity index (χ3n) is 4.61. The number of nitrogens with one attached hydrogen (secondary N) is 2. The molecule has 0 bridgehead atoms. The van der Waals surface area contributed by atoms with Crippen molar-refractivity contribution in [2.75, 3.05) is 10.6 Å². The topological polar surface area (TPSA) is 58.2 Å². The van der Waals surface area contributed by atoms with Gasteiger partial charge in [0.15, 0.2) is 0 Å². The second-order valence-electron chi connectivity index (χ2n) is 6.93. The van der Waals surface area contributed by atoms with Crippen molar-refractivity contribution in [2.45, 2.75) is 30.4 Å². The van der Waals surface area contributed by atoms with Crippen LogP contribution < -0.4 is 10.6 Å². The lowest BCUT2D eigenvalue weighted by Gasteiger charge is -2.16. The number of thioether (sulfide) groups is 1. The quantitative estimate of drug-likeness (QED) is 0.361. The van der Waals surface area contributed by atoms with Crippen LogP contribution in [-0.2, 0) is 4.79 Å². The molecule has 1 atom stereocenters. The lowest BCUT2D eigenvalue weighted by Crippen LogP contribution is -2.24. The molecule has 3 aromatic rings. The van der Waals surface area contributed by atoms with E-state index in [1.54, 1.807) is 24.3 Å². The fraction of sp³-hybridized carbons (Fsp3) is 0.167. The number of anilines is 2. The van der Waals surface area contributed by atoms with Crippen LogP contribution in [0.1, 0.15) is 29.3 Å². The van der Waals surface area contributed by atoms with Gasteiger partial charge in [0.1, 0.15) is 0 Å². The molecule has 31 heavy (non-hydrogen) atoms. The molecule has 2 amide bonds. The highest BCUT2D eigenvalue weighted by molar-refractivity contribution is 8.00. The minimum absolute atomic E-state index is 0.147. The average Bonchev–Trinajstić information content (AvgIpc) is 2.74. The van der Waals surface area contributed by atoms with Crippen LogP contribution in [-0.4, -0.2) is 17.1 Å². The molecule has 0 spiro atoms. The Bertz CT molecular complexity index is 1100. The number of carbonyl (C=O) groups is 2. The second-order valence-corrected chi connectivity index (χ2v) is 9.04. The molecule has 3 rings (SSSR count). The fourth-order valence-corrected chi connectivity index (χ4v) is 4.43. The van der Waals surface area contributed by atoms with Crippen molar-refractivity contribution >= 4 is 58.2 Å². The largest absolute Gasteiger partial charge is 0.324 e. The van der Waals surface area contributed by atoms with Crippen LogP contribution in [0.25, 0.3) is 0 Å². The van der Waals surface area contributed by atoms with E-state index in [4.69, 9.17) is 23.2 Å². The molecule has 0 aromatic heterocycles. The number of aryl methyl sites for hydroxylation is 1. The van der Waals surface area contributed by atoms with Crippen LogP contribution in [0.2, 0.25) is 10.0 Å². The van der Waals surface area contributed by atoms with E-state index in [0.717, 1.165) is 10.5 Å². The van der Waals surface area contributed by atoms with Gasteiger partial charge in [0.2, 0.25) is 5.91 Å². The summed E-state index contributed by atoms with van der Waals surface area (Å²) in [7, 11) is 0. The fourth-order valence-electron chi connectivity index (χ4n) is 2.96. The summed E-state index contributed by atoms with van der Waals surface area (Å²) >= 11 is 13.5. The Morgan fingerprint density at radius 1 is 0.968 bits per heavy atom. The smallest absolute Gasteiger partial charge is 0.255 e. The lowest BCUT2D eigenvalue weighted by atomic mass is 10.1. The molecule has 0 aliphatic carbocycles.